The first-order chi connectivity index (χ1) is 11.5. The number of amides is 2. The van der Waals surface area contributed by atoms with E-state index in [1.807, 2.05) is 43.0 Å². The van der Waals surface area contributed by atoms with Gasteiger partial charge in [0.05, 0.1) is 12.2 Å². The molecule has 132 valence electrons. The minimum Gasteiger partial charge on any atom is -0.372 e. The lowest BCUT2D eigenvalue weighted by atomic mass is 10.1. The molecule has 0 saturated carbocycles. The molecule has 1 aliphatic heterocycles. The average molecular weight is 333 g/mol. The summed E-state index contributed by atoms with van der Waals surface area (Å²) in [5, 5.41) is 2.85. The number of hydrogen-bond donors (Lipinski definition) is 2. The highest BCUT2D eigenvalue weighted by atomic mass is 16.5. The quantitative estimate of drug-likeness (QED) is 0.821. The van der Waals surface area contributed by atoms with Gasteiger partial charge >= 0.3 is 0 Å². The smallest absolute Gasteiger partial charge is 0.254 e. The molecule has 1 aromatic rings. The second-order valence-electron chi connectivity index (χ2n) is 6.33. The van der Waals surface area contributed by atoms with E-state index in [1.165, 1.54) is 0 Å². The molecule has 1 saturated heterocycles. The number of carbonyl (C=O) groups is 2. The van der Waals surface area contributed by atoms with Crippen molar-refractivity contribution >= 4 is 11.8 Å². The van der Waals surface area contributed by atoms with Crippen molar-refractivity contribution in [1.29, 1.82) is 0 Å². The topological polar surface area (TPSA) is 84.7 Å². The van der Waals surface area contributed by atoms with Gasteiger partial charge in [-0.25, -0.2) is 0 Å². The Bertz CT molecular complexity index is 549. The SMILES string of the molecule is CC1CN(C(=O)c2ccc(CNC(=O)CCCN)cc2)CC(C)O1. The molecule has 1 heterocycles. The molecule has 2 unspecified atom stereocenters. The number of hydrogen-bond acceptors (Lipinski definition) is 4. The number of nitrogens with zero attached hydrogens (tertiary/aromatic N) is 1. The van der Waals surface area contributed by atoms with E-state index in [-0.39, 0.29) is 24.0 Å². The van der Waals surface area contributed by atoms with Crippen molar-refractivity contribution in [3.63, 3.8) is 0 Å². The number of carbonyl (C=O) groups excluding carboxylic acids is 2. The Morgan fingerprint density at radius 1 is 1.21 bits per heavy atom. The predicted octanol–water partition coefficient (Wildman–Crippen LogP) is 1.29. The van der Waals surface area contributed by atoms with Gasteiger partial charge in [0.15, 0.2) is 0 Å². The van der Waals surface area contributed by atoms with Gasteiger partial charge in [0.2, 0.25) is 5.91 Å². The molecule has 6 heteroatoms. The van der Waals surface area contributed by atoms with Crippen molar-refractivity contribution in [3.05, 3.63) is 35.4 Å². The maximum absolute atomic E-state index is 12.6. The lowest BCUT2D eigenvalue weighted by Gasteiger charge is -2.35. The average Bonchev–Trinajstić information content (AvgIpc) is 2.57. The van der Waals surface area contributed by atoms with Gasteiger partial charge in [0, 0.05) is 31.6 Å². The van der Waals surface area contributed by atoms with E-state index in [9.17, 15) is 9.59 Å². The van der Waals surface area contributed by atoms with Gasteiger partial charge in [-0.15, -0.1) is 0 Å². The van der Waals surface area contributed by atoms with Gasteiger partial charge in [-0.2, -0.15) is 0 Å². The lowest BCUT2D eigenvalue weighted by molar-refractivity contribution is -0.121. The standard InChI is InChI=1S/C18H27N3O3/c1-13-11-21(12-14(2)24-13)18(23)16-7-5-15(6-8-16)10-20-17(22)4-3-9-19/h5-8,13-14H,3-4,9-12,19H2,1-2H3,(H,20,22). The molecule has 2 atom stereocenters. The zero-order valence-electron chi connectivity index (χ0n) is 14.5. The fraction of sp³-hybridized carbons (Fsp3) is 0.556. The summed E-state index contributed by atoms with van der Waals surface area (Å²) in [6.45, 7) is 6.16. The van der Waals surface area contributed by atoms with Gasteiger partial charge in [-0.3, -0.25) is 9.59 Å². The van der Waals surface area contributed by atoms with Crippen molar-refractivity contribution in [2.75, 3.05) is 19.6 Å². The van der Waals surface area contributed by atoms with E-state index in [0.717, 1.165) is 5.56 Å². The van der Waals surface area contributed by atoms with Gasteiger partial charge < -0.3 is 20.7 Å². The lowest BCUT2D eigenvalue weighted by Crippen LogP contribution is -2.48. The molecular formula is C18H27N3O3. The normalized spacial score (nSPS) is 20.7. The molecule has 0 bridgehead atoms. The third kappa shape index (κ3) is 5.32. The number of ether oxygens (including phenoxy) is 1. The summed E-state index contributed by atoms with van der Waals surface area (Å²) in [6.07, 6.45) is 1.25. The summed E-state index contributed by atoms with van der Waals surface area (Å²) in [4.78, 5) is 26.0. The molecule has 24 heavy (non-hydrogen) atoms. The molecule has 0 radical (unpaired) electrons. The molecule has 2 amide bonds. The number of nitrogens with one attached hydrogen (secondary N) is 1. The highest BCUT2D eigenvalue weighted by Crippen LogP contribution is 2.15. The van der Waals surface area contributed by atoms with Crippen molar-refractivity contribution in [3.8, 4) is 0 Å². The van der Waals surface area contributed by atoms with Crippen LogP contribution in [0, 0.1) is 0 Å². The molecule has 2 rings (SSSR count). The van der Waals surface area contributed by atoms with E-state index < -0.39 is 0 Å². The fourth-order valence-corrected chi connectivity index (χ4v) is 2.84. The van der Waals surface area contributed by atoms with Gasteiger partial charge in [-0.05, 0) is 44.5 Å². The van der Waals surface area contributed by atoms with Crippen LogP contribution in [0.3, 0.4) is 0 Å². The highest BCUT2D eigenvalue weighted by molar-refractivity contribution is 5.94. The number of morpholine rings is 1. The van der Waals surface area contributed by atoms with Crippen LogP contribution < -0.4 is 11.1 Å². The molecule has 0 aromatic heterocycles. The Kier molecular flexibility index (Phi) is 6.75. The van der Waals surface area contributed by atoms with E-state index in [2.05, 4.69) is 5.32 Å². The van der Waals surface area contributed by atoms with Crippen molar-refractivity contribution in [2.45, 2.75) is 45.4 Å². The van der Waals surface area contributed by atoms with E-state index in [4.69, 9.17) is 10.5 Å². The minimum absolute atomic E-state index is 0.00288. The summed E-state index contributed by atoms with van der Waals surface area (Å²) in [7, 11) is 0. The highest BCUT2D eigenvalue weighted by Gasteiger charge is 2.26. The largest absolute Gasteiger partial charge is 0.372 e. The zero-order valence-corrected chi connectivity index (χ0v) is 14.5. The third-order valence-electron chi connectivity index (χ3n) is 4.01. The first-order valence-corrected chi connectivity index (χ1v) is 8.50. The van der Waals surface area contributed by atoms with Crippen LogP contribution in [0.4, 0.5) is 0 Å². The summed E-state index contributed by atoms with van der Waals surface area (Å²) in [5.41, 5.74) is 7.01. The van der Waals surface area contributed by atoms with E-state index in [0.29, 0.717) is 44.6 Å². The molecule has 1 aliphatic rings. The first-order valence-electron chi connectivity index (χ1n) is 8.50. The molecule has 0 aliphatic carbocycles. The van der Waals surface area contributed by atoms with Crippen LogP contribution in [0.2, 0.25) is 0 Å². The Hall–Kier alpha value is -1.92. The van der Waals surface area contributed by atoms with Crippen LogP contribution in [0.25, 0.3) is 0 Å². The van der Waals surface area contributed by atoms with Crippen LogP contribution in [-0.4, -0.2) is 48.6 Å². The fourth-order valence-electron chi connectivity index (χ4n) is 2.84. The predicted molar refractivity (Wildman–Crippen MR) is 92.5 cm³/mol. The van der Waals surface area contributed by atoms with Crippen LogP contribution in [-0.2, 0) is 16.1 Å². The monoisotopic (exact) mass is 333 g/mol. The maximum Gasteiger partial charge on any atom is 0.254 e. The third-order valence-corrected chi connectivity index (χ3v) is 4.01. The maximum atomic E-state index is 12.6. The van der Waals surface area contributed by atoms with Crippen LogP contribution in [0.1, 0.15) is 42.6 Å². The van der Waals surface area contributed by atoms with E-state index >= 15 is 0 Å². The Balaban J connectivity index is 1.89. The number of nitrogens with two attached hydrogens (primary N) is 1. The van der Waals surface area contributed by atoms with Gasteiger partial charge in [0.25, 0.3) is 5.91 Å². The Morgan fingerprint density at radius 2 is 1.83 bits per heavy atom. The number of benzene rings is 1. The van der Waals surface area contributed by atoms with Gasteiger partial charge in [0.1, 0.15) is 0 Å². The Labute approximate surface area is 143 Å². The van der Waals surface area contributed by atoms with Crippen LogP contribution >= 0.6 is 0 Å². The van der Waals surface area contributed by atoms with Gasteiger partial charge in [-0.1, -0.05) is 12.1 Å². The molecule has 0 spiro atoms. The second-order valence-corrected chi connectivity index (χ2v) is 6.33. The van der Waals surface area contributed by atoms with Crippen molar-refractivity contribution in [1.82, 2.24) is 10.2 Å². The first kappa shape index (κ1) is 18.4. The minimum atomic E-state index is -0.00288. The van der Waals surface area contributed by atoms with Crippen molar-refractivity contribution in [2.24, 2.45) is 5.73 Å². The molecular weight excluding hydrogens is 306 g/mol. The summed E-state index contributed by atoms with van der Waals surface area (Å²) in [6, 6.07) is 7.39. The van der Waals surface area contributed by atoms with Crippen LogP contribution in [0.15, 0.2) is 24.3 Å². The summed E-state index contributed by atoms with van der Waals surface area (Å²) >= 11 is 0. The Morgan fingerprint density at radius 3 is 2.42 bits per heavy atom. The summed E-state index contributed by atoms with van der Waals surface area (Å²) in [5.74, 6) is 0.0208. The van der Waals surface area contributed by atoms with Crippen LogP contribution in [0.5, 0.6) is 0 Å². The van der Waals surface area contributed by atoms with Crippen molar-refractivity contribution < 1.29 is 14.3 Å². The van der Waals surface area contributed by atoms with E-state index in [1.54, 1.807) is 0 Å². The second kappa shape index (κ2) is 8.80. The molecule has 1 fully saturated rings. The summed E-state index contributed by atoms with van der Waals surface area (Å²) < 4.78 is 5.66. The molecule has 1 aromatic carbocycles. The zero-order chi connectivity index (χ0) is 17.5. The molecule has 3 N–H and O–H groups in total. The molecule has 6 nitrogen and oxygen atoms in total. The number of rotatable bonds is 6.